The first-order valence-electron chi connectivity index (χ1n) is 8.94. The molecule has 0 amide bonds. The number of likely N-dealkylation sites (N-methyl/N-ethyl adjacent to an activating group) is 1. The van der Waals surface area contributed by atoms with Crippen molar-refractivity contribution in [3.05, 3.63) is 70.9 Å². The minimum absolute atomic E-state index is 0.663. The van der Waals surface area contributed by atoms with Crippen LogP contribution in [0.3, 0.4) is 0 Å². The van der Waals surface area contributed by atoms with Crippen molar-refractivity contribution in [1.82, 2.24) is 9.47 Å². The summed E-state index contributed by atoms with van der Waals surface area (Å²) >= 11 is 0. The number of rotatable bonds is 3. The van der Waals surface area contributed by atoms with E-state index in [4.69, 9.17) is 0 Å². The first-order chi connectivity index (χ1) is 11.6. The van der Waals surface area contributed by atoms with E-state index in [0.29, 0.717) is 6.04 Å². The Balaban J connectivity index is 1.80. The zero-order valence-corrected chi connectivity index (χ0v) is 14.9. The minimum Gasteiger partial charge on any atom is -0.340 e. The summed E-state index contributed by atoms with van der Waals surface area (Å²) in [5.74, 6) is 0. The lowest BCUT2D eigenvalue weighted by molar-refractivity contribution is 0.266. The van der Waals surface area contributed by atoms with Crippen molar-refractivity contribution < 1.29 is 0 Å². The molecule has 124 valence electrons. The normalized spacial score (nSPS) is 17.4. The van der Waals surface area contributed by atoms with Crippen LogP contribution in [0, 0.1) is 6.92 Å². The predicted molar refractivity (Wildman–Crippen MR) is 102 cm³/mol. The summed E-state index contributed by atoms with van der Waals surface area (Å²) in [6.07, 6.45) is 3.60. The van der Waals surface area contributed by atoms with Gasteiger partial charge in [-0.2, -0.15) is 0 Å². The van der Waals surface area contributed by atoms with Gasteiger partial charge in [0.2, 0.25) is 0 Å². The van der Waals surface area contributed by atoms with Gasteiger partial charge in [-0.3, -0.25) is 0 Å². The fourth-order valence-corrected chi connectivity index (χ4v) is 4.08. The summed E-state index contributed by atoms with van der Waals surface area (Å²) in [6.45, 7) is 3.13. The van der Waals surface area contributed by atoms with Gasteiger partial charge in [-0.25, -0.2) is 0 Å². The first kappa shape index (κ1) is 15.5. The second-order valence-electron chi connectivity index (χ2n) is 7.37. The summed E-state index contributed by atoms with van der Waals surface area (Å²) in [6, 6.07) is 18.6. The molecule has 0 radical (unpaired) electrons. The van der Waals surface area contributed by atoms with E-state index in [9.17, 15) is 0 Å². The zero-order valence-electron chi connectivity index (χ0n) is 14.9. The van der Waals surface area contributed by atoms with E-state index in [1.165, 1.54) is 41.3 Å². The van der Waals surface area contributed by atoms with Crippen LogP contribution in [0.5, 0.6) is 0 Å². The molecule has 2 heteroatoms. The Morgan fingerprint density at radius 2 is 1.79 bits per heavy atom. The van der Waals surface area contributed by atoms with Gasteiger partial charge in [0, 0.05) is 29.2 Å². The standard InChI is InChI=1S/C22H26N2/c1-16-8-10-17(11-9-16)15-24-21-7-5-4-6-19(21)20-14-18(23(2)3)12-13-22(20)24/h4-11,18H,12-15H2,1-3H3/t18-/m1/s1. The number of aromatic nitrogens is 1. The van der Waals surface area contributed by atoms with Crippen LogP contribution in [-0.4, -0.2) is 29.6 Å². The van der Waals surface area contributed by atoms with Gasteiger partial charge in [-0.1, -0.05) is 48.0 Å². The maximum Gasteiger partial charge on any atom is 0.0488 e. The topological polar surface area (TPSA) is 8.17 Å². The van der Waals surface area contributed by atoms with Gasteiger partial charge in [0.15, 0.2) is 0 Å². The second-order valence-corrected chi connectivity index (χ2v) is 7.37. The van der Waals surface area contributed by atoms with Crippen molar-refractivity contribution in [2.45, 2.75) is 38.8 Å². The molecule has 1 aliphatic carbocycles. The fraction of sp³-hybridized carbons (Fsp3) is 0.364. The Morgan fingerprint density at radius 1 is 1.04 bits per heavy atom. The average molecular weight is 318 g/mol. The zero-order chi connectivity index (χ0) is 16.7. The molecular weight excluding hydrogens is 292 g/mol. The average Bonchev–Trinajstić information content (AvgIpc) is 2.90. The van der Waals surface area contributed by atoms with Crippen LogP contribution in [0.25, 0.3) is 10.9 Å². The van der Waals surface area contributed by atoms with E-state index in [-0.39, 0.29) is 0 Å². The van der Waals surface area contributed by atoms with E-state index < -0.39 is 0 Å². The van der Waals surface area contributed by atoms with Gasteiger partial charge < -0.3 is 9.47 Å². The van der Waals surface area contributed by atoms with Crippen molar-refractivity contribution in [1.29, 1.82) is 0 Å². The Kier molecular flexibility index (Phi) is 3.93. The molecule has 2 nitrogen and oxygen atoms in total. The fourth-order valence-electron chi connectivity index (χ4n) is 4.08. The van der Waals surface area contributed by atoms with E-state index in [1.807, 2.05) is 0 Å². The number of aryl methyl sites for hydroxylation is 1. The van der Waals surface area contributed by atoms with E-state index in [2.05, 4.69) is 79.0 Å². The lowest BCUT2D eigenvalue weighted by Gasteiger charge is -2.29. The van der Waals surface area contributed by atoms with E-state index >= 15 is 0 Å². The number of hydrogen-bond acceptors (Lipinski definition) is 1. The maximum absolute atomic E-state index is 2.56. The van der Waals surface area contributed by atoms with Crippen molar-refractivity contribution in [2.24, 2.45) is 0 Å². The first-order valence-corrected chi connectivity index (χ1v) is 8.94. The van der Waals surface area contributed by atoms with Gasteiger partial charge in [-0.05, 0) is 57.5 Å². The number of para-hydroxylation sites is 1. The van der Waals surface area contributed by atoms with E-state index in [1.54, 1.807) is 11.3 Å². The molecule has 1 atom stereocenters. The summed E-state index contributed by atoms with van der Waals surface area (Å²) in [5.41, 5.74) is 7.23. The third-order valence-electron chi connectivity index (χ3n) is 5.54. The van der Waals surface area contributed by atoms with Crippen molar-refractivity contribution in [3.63, 3.8) is 0 Å². The Morgan fingerprint density at radius 3 is 2.54 bits per heavy atom. The second kappa shape index (κ2) is 6.10. The van der Waals surface area contributed by atoms with E-state index in [0.717, 1.165) is 6.54 Å². The molecule has 0 saturated heterocycles. The SMILES string of the molecule is Cc1ccc(Cn2c3c(c4ccccc42)C[C@H](N(C)C)CC3)cc1. The van der Waals surface area contributed by atoms with Gasteiger partial charge in [0.25, 0.3) is 0 Å². The number of fused-ring (bicyclic) bond motifs is 3. The molecule has 0 aliphatic heterocycles. The van der Waals surface area contributed by atoms with Crippen LogP contribution >= 0.6 is 0 Å². The van der Waals surface area contributed by atoms with Gasteiger partial charge in [-0.15, -0.1) is 0 Å². The Bertz CT molecular complexity index is 856. The maximum atomic E-state index is 2.56. The smallest absolute Gasteiger partial charge is 0.0488 e. The molecule has 1 heterocycles. The summed E-state index contributed by atoms with van der Waals surface area (Å²) in [4.78, 5) is 2.38. The van der Waals surface area contributed by atoms with Gasteiger partial charge in [0.05, 0.1) is 0 Å². The highest BCUT2D eigenvalue weighted by molar-refractivity contribution is 5.86. The van der Waals surface area contributed by atoms with Crippen molar-refractivity contribution in [3.8, 4) is 0 Å². The molecule has 4 rings (SSSR count). The predicted octanol–water partition coefficient (Wildman–Crippen LogP) is 4.42. The molecule has 0 N–H and O–H groups in total. The quantitative estimate of drug-likeness (QED) is 0.694. The lowest BCUT2D eigenvalue weighted by atomic mass is 9.91. The third-order valence-corrected chi connectivity index (χ3v) is 5.54. The van der Waals surface area contributed by atoms with Crippen molar-refractivity contribution >= 4 is 10.9 Å². The minimum atomic E-state index is 0.663. The van der Waals surface area contributed by atoms with Gasteiger partial charge >= 0.3 is 0 Å². The monoisotopic (exact) mass is 318 g/mol. The summed E-state index contributed by atoms with van der Waals surface area (Å²) in [7, 11) is 4.42. The molecule has 1 aromatic heterocycles. The van der Waals surface area contributed by atoms with Crippen LogP contribution in [0.15, 0.2) is 48.5 Å². The largest absolute Gasteiger partial charge is 0.340 e. The van der Waals surface area contributed by atoms with Gasteiger partial charge in [0.1, 0.15) is 0 Å². The molecular formula is C22H26N2. The molecule has 1 aliphatic rings. The molecule has 0 saturated carbocycles. The Hall–Kier alpha value is -2.06. The highest BCUT2D eigenvalue weighted by Gasteiger charge is 2.26. The van der Waals surface area contributed by atoms with Crippen molar-refractivity contribution in [2.75, 3.05) is 14.1 Å². The number of benzene rings is 2. The highest BCUT2D eigenvalue weighted by Crippen LogP contribution is 2.33. The molecule has 0 spiro atoms. The highest BCUT2D eigenvalue weighted by atomic mass is 15.1. The lowest BCUT2D eigenvalue weighted by Crippen LogP contribution is -2.33. The van der Waals surface area contributed by atoms with Crippen LogP contribution in [0.1, 0.15) is 28.8 Å². The third kappa shape index (κ3) is 2.65. The number of nitrogens with zero attached hydrogens (tertiary/aromatic N) is 2. The summed E-state index contributed by atoms with van der Waals surface area (Å²) < 4.78 is 2.56. The van der Waals surface area contributed by atoms with Crippen LogP contribution in [-0.2, 0) is 19.4 Å². The molecule has 0 unspecified atom stereocenters. The molecule has 0 fully saturated rings. The Labute approximate surface area is 144 Å². The van der Waals surface area contributed by atoms with Crippen LogP contribution in [0.2, 0.25) is 0 Å². The number of hydrogen-bond donors (Lipinski definition) is 0. The molecule has 0 bridgehead atoms. The molecule has 24 heavy (non-hydrogen) atoms. The van der Waals surface area contributed by atoms with Crippen LogP contribution in [0.4, 0.5) is 0 Å². The molecule has 3 aromatic rings. The molecule has 2 aromatic carbocycles. The summed E-state index contributed by atoms with van der Waals surface area (Å²) in [5, 5.41) is 1.45. The van der Waals surface area contributed by atoms with Crippen LogP contribution < -0.4 is 0 Å².